The van der Waals surface area contributed by atoms with Gasteiger partial charge >= 0.3 is 0 Å². The minimum absolute atomic E-state index is 0.0253. The van der Waals surface area contributed by atoms with E-state index in [-0.39, 0.29) is 23.9 Å². The molecule has 0 bridgehead atoms. The number of carbonyl (C=O) groups excluding carboxylic acids is 2. The van der Waals surface area contributed by atoms with E-state index in [2.05, 4.69) is 9.88 Å². The monoisotopic (exact) mass is 443 g/mol. The number of likely N-dealkylation sites (N-methyl/N-ethyl adjacent to an activating group) is 1. The zero-order valence-electron chi connectivity index (χ0n) is 18.3. The molecule has 1 aromatic carbocycles. The maximum absolute atomic E-state index is 14.0. The Balaban J connectivity index is 1.51. The molecule has 8 heteroatoms. The first-order valence-electron chi connectivity index (χ1n) is 11.1. The van der Waals surface area contributed by atoms with Gasteiger partial charge in [-0.1, -0.05) is 12.1 Å². The number of hydrogen-bond donors (Lipinski definition) is 0. The number of amides is 2. The predicted octanol–water partition coefficient (Wildman–Crippen LogP) is 3.70. The molecule has 2 unspecified atom stereocenters. The van der Waals surface area contributed by atoms with Gasteiger partial charge in [0.2, 0.25) is 5.91 Å². The quantitative estimate of drug-likeness (QED) is 0.618. The standard InChI is InChI=1S/C25H22FN5O2/c1-14-24(32)29(2)20-9-10-21(28-23(20)30(14)17-6-7-17)31-22(15-4-3-11-27-13-15)18-8-5-16(26)12-19(18)25(31)33/h3-5,8-14,17,22H,6-7H2,1-2H3. The third kappa shape index (κ3) is 2.93. The summed E-state index contributed by atoms with van der Waals surface area (Å²) in [6.07, 6.45) is 5.42. The number of nitrogens with zero attached hydrogens (tertiary/aromatic N) is 5. The van der Waals surface area contributed by atoms with E-state index in [1.54, 1.807) is 41.4 Å². The van der Waals surface area contributed by atoms with Crippen molar-refractivity contribution in [1.82, 2.24) is 9.97 Å². The van der Waals surface area contributed by atoms with Gasteiger partial charge in [-0.05, 0) is 61.2 Å². The first-order valence-corrected chi connectivity index (χ1v) is 11.1. The average molecular weight is 443 g/mol. The Bertz CT molecular complexity index is 1290. The van der Waals surface area contributed by atoms with Crippen LogP contribution in [0.2, 0.25) is 0 Å². The summed E-state index contributed by atoms with van der Waals surface area (Å²) in [7, 11) is 1.75. The smallest absolute Gasteiger partial charge is 0.260 e. The molecule has 4 heterocycles. The van der Waals surface area contributed by atoms with Crippen molar-refractivity contribution in [1.29, 1.82) is 0 Å². The number of pyridine rings is 2. The number of benzene rings is 1. The summed E-state index contributed by atoms with van der Waals surface area (Å²) in [6, 6.07) is 11.1. The normalized spacial score (nSPS) is 22.0. The van der Waals surface area contributed by atoms with Gasteiger partial charge in [-0.2, -0.15) is 0 Å². The second-order valence-electron chi connectivity index (χ2n) is 8.82. The molecule has 2 aliphatic heterocycles. The second kappa shape index (κ2) is 7.10. The highest BCUT2D eigenvalue weighted by atomic mass is 19.1. The van der Waals surface area contributed by atoms with E-state index in [9.17, 15) is 14.0 Å². The van der Waals surface area contributed by atoms with E-state index in [0.717, 1.165) is 24.1 Å². The van der Waals surface area contributed by atoms with Crippen LogP contribution in [0.3, 0.4) is 0 Å². The minimum atomic E-state index is -0.470. The van der Waals surface area contributed by atoms with Crippen molar-refractivity contribution < 1.29 is 14.0 Å². The van der Waals surface area contributed by atoms with Crippen LogP contribution in [-0.4, -0.2) is 40.9 Å². The van der Waals surface area contributed by atoms with Crippen LogP contribution in [0.15, 0.2) is 54.9 Å². The number of anilines is 3. The lowest BCUT2D eigenvalue weighted by atomic mass is 9.99. The summed E-state index contributed by atoms with van der Waals surface area (Å²) in [5.41, 5.74) is 2.58. The van der Waals surface area contributed by atoms with Crippen LogP contribution in [0, 0.1) is 5.82 Å². The van der Waals surface area contributed by atoms with Gasteiger partial charge in [-0.3, -0.25) is 19.5 Å². The summed E-state index contributed by atoms with van der Waals surface area (Å²) in [4.78, 5) is 40.8. The number of aromatic nitrogens is 2. The number of fused-ring (bicyclic) bond motifs is 2. The van der Waals surface area contributed by atoms with Crippen molar-refractivity contribution in [2.45, 2.75) is 37.9 Å². The van der Waals surface area contributed by atoms with Crippen LogP contribution in [0.4, 0.5) is 21.7 Å². The van der Waals surface area contributed by atoms with E-state index in [0.29, 0.717) is 22.8 Å². The van der Waals surface area contributed by atoms with Crippen molar-refractivity contribution in [2.75, 3.05) is 21.7 Å². The Morgan fingerprint density at radius 1 is 1.09 bits per heavy atom. The molecule has 33 heavy (non-hydrogen) atoms. The maximum Gasteiger partial charge on any atom is 0.260 e. The highest BCUT2D eigenvalue weighted by molar-refractivity contribution is 6.12. The Kier molecular flexibility index (Phi) is 4.27. The molecule has 0 saturated heterocycles. The third-order valence-corrected chi connectivity index (χ3v) is 6.76. The third-order valence-electron chi connectivity index (χ3n) is 6.76. The van der Waals surface area contributed by atoms with Gasteiger partial charge in [0.25, 0.3) is 5.91 Å². The number of halogens is 1. The Labute approximate surface area is 190 Å². The molecule has 7 nitrogen and oxygen atoms in total. The highest BCUT2D eigenvalue weighted by Gasteiger charge is 2.44. The lowest BCUT2D eigenvalue weighted by molar-refractivity contribution is -0.119. The summed E-state index contributed by atoms with van der Waals surface area (Å²) >= 11 is 0. The van der Waals surface area contributed by atoms with Gasteiger partial charge < -0.3 is 9.80 Å². The highest BCUT2D eigenvalue weighted by Crippen LogP contribution is 2.45. The van der Waals surface area contributed by atoms with Gasteiger partial charge in [0, 0.05) is 31.0 Å². The molecule has 2 amide bonds. The van der Waals surface area contributed by atoms with Crippen molar-refractivity contribution in [3.8, 4) is 0 Å². The molecule has 1 saturated carbocycles. The molecule has 1 fully saturated rings. The number of hydrogen-bond acceptors (Lipinski definition) is 5. The van der Waals surface area contributed by atoms with Crippen LogP contribution < -0.4 is 14.7 Å². The van der Waals surface area contributed by atoms with Crippen LogP contribution in [-0.2, 0) is 4.79 Å². The van der Waals surface area contributed by atoms with E-state index >= 15 is 0 Å². The molecule has 0 spiro atoms. The fourth-order valence-electron chi connectivity index (χ4n) is 5.00. The second-order valence-corrected chi connectivity index (χ2v) is 8.82. The number of rotatable bonds is 3. The fraction of sp³-hybridized carbons (Fsp3) is 0.280. The minimum Gasteiger partial charge on any atom is -0.340 e. The summed E-state index contributed by atoms with van der Waals surface area (Å²) in [5.74, 6) is 0.421. The van der Waals surface area contributed by atoms with Crippen LogP contribution in [0.25, 0.3) is 0 Å². The van der Waals surface area contributed by atoms with Gasteiger partial charge in [0.1, 0.15) is 17.7 Å². The van der Waals surface area contributed by atoms with Gasteiger partial charge in [0.05, 0.1) is 11.7 Å². The molecule has 3 aromatic rings. The summed E-state index contributed by atoms with van der Waals surface area (Å²) < 4.78 is 14.0. The van der Waals surface area contributed by atoms with Gasteiger partial charge in [-0.25, -0.2) is 9.37 Å². The van der Waals surface area contributed by atoms with E-state index < -0.39 is 11.9 Å². The Morgan fingerprint density at radius 3 is 2.64 bits per heavy atom. The zero-order valence-corrected chi connectivity index (χ0v) is 18.3. The molecule has 2 aromatic heterocycles. The van der Waals surface area contributed by atoms with Gasteiger partial charge in [0.15, 0.2) is 5.82 Å². The Morgan fingerprint density at radius 2 is 1.91 bits per heavy atom. The molecule has 6 rings (SSSR count). The lowest BCUT2D eigenvalue weighted by Gasteiger charge is -2.40. The van der Waals surface area contributed by atoms with Crippen LogP contribution in [0.5, 0.6) is 0 Å². The summed E-state index contributed by atoms with van der Waals surface area (Å²) in [5, 5.41) is 0. The zero-order chi connectivity index (χ0) is 22.9. The molecular weight excluding hydrogens is 421 g/mol. The molecule has 2 atom stereocenters. The molecule has 166 valence electrons. The molecule has 1 aliphatic carbocycles. The van der Waals surface area contributed by atoms with Gasteiger partial charge in [-0.15, -0.1) is 0 Å². The summed E-state index contributed by atoms with van der Waals surface area (Å²) in [6.45, 7) is 1.90. The fourth-order valence-corrected chi connectivity index (χ4v) is 5.00. The van der Waals surface area contributed by atoms with Crippen LogP contribution >= 0.6 is 0 Å². The van der Waals surface area contributed by atoms with Crippen molar-refractivity contribution in [3.05, 3.63) is 77.4 Å². The van der Waals surface area contributed by atoms with Crippen LogP contribution in [0.1, 0.15) is 47.3 Å². The molecular formula is C25H22FN5O2. The van der Waals surface area contributed by atoms with E-state index in [1.165, 1.54) is 12.1 Å². The lowest BCUT2D eigenvalue weighted by Crippen LogP contribution is -2.52. The first kappa shape index (κ1) is 19.8. The molecule has 3 aliphatic rings. The largest absolute Gasteiger partial charge is 0.340 e. The average Bonchev–Trinajstić information content (AvgIpc) is 3.62. The van der Waals surface area contributed by atoms with E-state index in [4.69, 9.17) is 4.98 Å². The van der Waals surface area contributed by atoms with Crippen molar-refractivity contribution in [2.24, 2.45) is 0 Å². The maximum atomic E-state index is 14.0. The predicted molar refractivity (Wildman–Crippen MR) is 122 cm³/mol. The SMILES string of the molecule is CC1C(=O)N(C)c2ccc(N3C(=O)c4cc(F)ccc4C3c3cccnc3)nc2N1C1CC1. The molecule has 0 N–H and O–H groups in total. The van der Waals surface area contributed by atoms with Crippen molar-refractivity contribution in [3.63, 3.8) is 0 Å². The molecule has 0 radical (unpaired) electrons. The van der Waals surface area contributed by atoms with Crippen molar-refractivity contribution >= 4 is 29.1 Å². The van der Waals surface area contributed by atoms with E-state index in [1.807, 2.05) is 25.1 Å². The number of carbonyl (C=O) groups is 2. The first-order chi connectivity index (χ1) is 16.0. The Hall–Kier alpha value is -3.81. The topological polar surface area (TPSA) is 69.6 Å².